The topological polar surface area (TPSA) is 63.1 Å². The third-order valence-corrected chi connectivity index (χ3v) is 6.65. The van der Waals surface area contributed by atoms with Crippen LogP contribution in [0, 0.1) is 0 Å². The molecule has 31 heavy (non-hydrogen) atoms. The van der Waals surface area contributed by atoms with Crippen LogP contribution in [0.2, 0.25) is 15.1 Å². The highest BCUT2D eigenvalue weighted by Crippen LogP contribution is 2.31. The summed E-state index contributed by atoms with van der Waals surface area (Å²) in [6, 6.07) is 12.7. The number of nitrogens with one attached hydrogen (secondary N) is 1. The fourth-order valence-electron chi connectivity index (χ4n) is 3.37. The molecular formula is C21H20Cl3N5OS. The molecule has 0 unspecified atom stereocenters. The van der Waals surface area contributed by atoms with Crippen LogP contribution in [-0.2, 0) is 4.79 Å². The number of aromatic nitrogens is 3. The van der Waals surface area contributed by atoms with Crippen LogP contribution in [0.5, 0.6) is 0 Å². The molecule has 2 heterocycles. The van der Waals surface area contributed by atoms with E-state index in [9.17, 15) is 4.79 Å². The van der Waals surface area contributed by atoms with Crippen molar-refractivity contribution in [2.24, 2.45) is 0 Å². The number of benzene rings is 2. The van der Waals surface area contributed by atoms with Crippen molar-refractivity contribution in [2.45, 2.75) is 24.4 Å². The maximum atomic E-state index is 12.4. The Labute approximate surface area is 199 Å². The highest BCUT2D eigenvalue weighted by Gasteiger charge is 2.22. The first-order valence-electron chi connectivity index (χ1n) is 9.86. The number of hydrogen-bond acceptors (Lipinski definition) is 5. The molecule has 0 saturated carbocycles. The van der Waals surface area contributed by atoms with Crippen LogP contribution in [0.1, 0.15) is 19.3 Å². The molecule has 2 aromatic carbocycles. The summed E-state index contributed by atoms with van der Waals surface area (Å²) in [5.41, 5.74) is 1.33. The molecule has 0 radical (unpaired) electrons. The fraction of sp³-hybridized carbons (Fsp3) is 0.286. The first-order chi connectivity index (χ1) is 15.0. The Morgan fingerprint density at radius 3 is 2.45 bits per heavy atom. The molecule has 4 rings (SSSR count). The molecule has 1 aliphatic heterocycles. The molecule has 0 aliphatic carbocycles. The van der Waals surface area contributed by atoms with Crippen LogP contribution >= 0.6 is 46.6 Å². The number of rotatable bonds is 7. The van der Waals surface area contributed by atoms with Crippen LogP contribution in [0.15, 0.2) is 47.6 Å². The van der Waals surface area contributed by atoms with Crippen molar-refractivity contribution in [2.75, 3.05) is 29.1 Å². The van der Waals surface area contributed by atoms with Gasteiger partial charge in [-0.05, 0) is 43.2 Å². The number of hydrogen-bond donors (Lipinski definition) is 1. The third-order valence-electron chi connectivity index (χ3n) is 4.86. The highest BCUT2D eigenvalue weighted by molar-refractivity contribution is 7.99. The smallest absolute Gasteiger partial charge is 0.232 e. The van der Waals surface area contributed by atoms with E-state index in [-0.39, 0.29) is 12.3 Å². The minimum atomic E-state index is -0.170. The Hall–Kier alpha value is -1.93. The maximum Gasteiger partial charge on any atom is 0.232 e. The van der Waals surface area contributed by atoms with E-state index in [4.69, 9.17) is 34.8 Å². The average molecular weight is 497 g/mol. The summed E-state index contributed by atoms with van der Waals surface area (Å²) in [6.07, 6.45) is 2.54. The number of amides is 1. The Balaban J connectivity index is 1.47. The average Bonchev–Trinajstić information content (AvgIpc) is 3.40. The van der Waals surface area contributed by atoms with Gasteiger partial charge in [-0.1, -0.05) is 58.7 Å². The summed E-state index contributed by atoms with van der Waals surface area (Å²) in [5, 5.41) is 13.8. The number of carbonyl (C=O) groups excluding carboxylic acids is 1. The molecule has 6 nitrogen and oxygen atoms in total. The molecule has 1 N–H and O–H groups in total. The van der Waals surface area contributed by atoms with Crippen molar-refractivity contribution >= 4 is 64.1 Å². The second-order valence-electron chi connectivity index (χ2n) is 7.04. The van der Waals surface area contributed by atoms with Gasteiger partial charge in [-0.2, -0.15) is 0 Å². The molecule has 10 heteroatoms. The number of thioether (sulfide) groups is 1. The quantitative estimate of drug-likeness (QED) is 0.410. The minimum Gasteiger partial charge on any atom is -0.341 e. The van der Waals surface area contributed by atoms with E-state index in [0.29, 0.717) is 31.7 Å². The Morgan fingerprint density at radius 1 is 1.03 bits per heavy atom. The van der Waals surface area contributed by atoms with E-state index in [0.717, 1.165) is 37.6 Å². The summed E-state index contributed by atoms with van der Waals surface area (Å²) in [6.45, 7) is 1.90. The lowest BCUT2D eigenvalue weighted by atomic mass is 10.3. The van der Waals surface area contributed by atoms with Gasteiger partial charge < -0.3 is 10.2 Å². The van der Waals surface area contributed by atoms with Crippen molar-refractivity contribution in [3.05, 3.63) is 57.5 Å². The van der Waals surface area contributed by atoms with Crippen molar-refractivity contribution in [1.82, 2.24) is 14.8 Å². The van der Waals surface area contributed by atoms with Crippen LogP contribution in [0.4, 0.5) is 11.6 Å². The van der Waals surface area contributed by atoms with Gasteiger partial charge >= 0.3 is 0 Å². The zero-order chi connectivity index (χ0) is 21.8. The van der Waals surface area contributed by atoms with Crippen LogP contribution in [-0.4, -0.2) is 39.5 Å². The van der Waals surface area contributed by atoms with Crippen LogP contribution < -0.4 is 10.2 Å². The molecule has 1 aromatic heterocycles. The molecule has 1 saturated heterocycles. The van der Waals surface area contributed by atoms with Gasteiger partial charge in [0.25, 0.3) is 0 Å². The predicted octanol–water partition coefficient (Wildman–Crippen LogP) is 5.95. The lowest BCUT2D eigenvalue weighted by molar-refractivity contribution is -0.115. The van der Waals surface area contributed by atoms with Crippen LogP contribution in [0.3, 0.4) is 0 Å². The van der Waals surface area contributed by atoms with Crippen molar-refractivity contribution in [3.8, 4) is 5.69 Å². The molecule has 162 valence electrons. The van der Waals surface area contributed by atoms with Crippen LogP contribution in [0.25, 0.3) is 5.69 Å². The number of carbonyl (C=O) groups is 1. The Morgan fingerprint density at radius 2 is 1.74 bits per heavy atom. The monoisotopic (exact) mass is 495 g/mol. The minimum absolute atomic E-state index is 0.170. The molecule has 0 atom stereocenters. The van der Waals surface area contributed by atoms with E-state index in [1.54, 1.807) is 18.2 Å². The number of para-hydroxylation sites is 1. The molecule has 0 spiro atoms. The highest BCUT2D eigenvalue weighted by atomic mass is 35.5. The van der Waals surface area contributed by atoms with Gasteiger partial charge in [0.2, 0.25) is 11.9 Å². The Kier molecular flexibility index (Phi) is 7.27. The summed E-state index contributed by atoms with van der Waals surface area (Å²) >= 11 is 19.9. The first-order valence-corrected chi connectivity index (χ1v) is 12.0. The van der Waals surface area contributed by atoms with Crippen molar-refractivity contribution < 1.29 is 4.79 Å². The van der Waals surface area contributed by atoms with Gasteiger partial charge in [-0.25, -0.2) is 0 Å². The molecule has 1 aliphatic rings. The second kappa shape index (κ2) is 10.1. The van der Waals surface area contributed by atoms with Gasteiger partial charge in [-0.15, -0.1) is 10.2 Å². The van der Waals surface area contributed by atoms with E-state index in [1.165, 1.54) is 11.8 Å². The zero-order valence-electron chi connectivity index (χ0n) is 16.5. The van der Waals surface area contributed by atoms with Gasteiger partial charge in [0.1, 0.15) is 0 Å². The predicted molar refractivity (Wildman–Crippen MR) is 128 cm³/mol. The normalized spacial score (nSPS) is 13.6. The largest absolute Gasteiger partial charge is 0.341 e. The third kappa shape index (κ3) is 5.29. The lowest BCUT2D eigenvalue weighted by Crippen LogP contribution is -2.22. The maximum absolute atomic E-state index is 12.4. The Bertz CT molecular complexity index is 1060. The summed E-state index contributed by atoms with van der Waals surface area (Å²) < 4.78 is 2.00. The molecule has 1 amide bonds. The van der Waals surface area contributed by atoms with Crippen molar-refractivity contribution in [1.29, 1.82) is 0 Å². The SMILES string of the molecule is O=C(CCSc1nnc(N2CCCC2)n1-c1cccc(Cl)c1)Nc1c(Cl)cccc1Cl. The number of halogens is 3. The first kappa shape index (κ1) is 22.3. The molecule has 3 aromatic rings. The van der Waals surface area contributed by atoms with Crippen molar-refractivity contribution in [3.63, 3.8) is 0 Å². The zero-order valence-corrected chi connectivity index (χ0v) is 19.6. The van der Waals surface area contributed by atoms with E-state index < -0.39 is 0 Å². The van der Waals surface area contributed by atoms with Gasteiger partial charge in [-0.3, -0.25) is 9.36 Å². The number of nitrogens with zero attached hydrogens (tertiary/aromatic N) is 4. The molecule has 0 bridgehead atoms. The number of anilines is 2. The summed E-state index contributed by atoms with van der Waals surface area (Å²) in [7, 11) is 0. The van der Waals surface area contributed by atoms with Gasteiger partial charge in [0.15, 0.2) is 5.16 Å². The molecule has 1 fully saturated rings. The standard InChI is InChI=1S/C21H20Cl3N5OS/c22-14-5-3-6-15(13-14)29-20(28-10-1-2-11-28)26-27-21(29)31-12-9-18(30)25-19-16(23)7-4-8-17(19)24/h3-8,13H,1-2,9-12H2,(H,25,30). The lowest BCUT2D eigenvalue weighted by Gasteiger charge is -2.18. The van der Waals surface area contributed by atoms with E-state index in [2.05, 4.69) is 20.4 Å². The van der Waals surface area contributed by atoms with Gasteiger partial charge in [0, 0.05) is 30.3 Å². The fourth-order valence-corrected chi connectivity index (χ4v) is 4.93. The summed E-state index contributed by atoms with van der Waals surface area (Å²) in [5.74, 6) is 1.15. The van der Waals surface area contributed by atoms with E-state index >= 15 is 0 Å². The summed E-state index contributed by atoms with van der Waals surface area (Å²) in [4.78, 5) is 14.6. The second-order valence-corrected chi connectivity index (χ2v) is 9.35. The molecular weight excluding hydrogens is 477 g/mol. The van der Waals surface area contributed by atoms with Gasteiger partial charge in [0.05, 0.1) is 21.4 Å². The van der Waals surface area contributed by atoms with E-state index in [1.807, 2.05) is 28.8 Å².